The van der Waals surface area contributed by atoms with E-state index in [2.05, 4.69) is 10.2 Å². The Morgan fingerprint density at radius 1 is 1.11 bits per heavy atom. The van der Waals surface area contributed by atoms with Crippen LogP contribution in [0.1, 0.15) is 11.1 Å². The van der Waals surface area contributed by atoms with Gasteiger partial charge in [0.05, 0.1) is 29.7 Å². The van der Waals surface area contributed by atoms with Crippen LogP contribution >= 0.6 is 0 Å². The largest absolute Gasteiger partial charge is 0.480 e. The number of nitrogens with zero attached hydrogens (tertiary/aromatic N) is 2. The number of fused-ring (bicyclic) bond motifs is 1. The predicted molar refractivity (Wildman–Crippen MR) is 129 cm³/mol. The lowest BCUT2D eigenvalue weighted by Crippen LogP contribution is -2.64. The van der Waals surface area contributed by atoms with Gasteiger partial charge >= 0.3 is 5.97 Å². The lowest BCUT2D eigenvalue weighted by Gasteiger charge is -2.48. The van der Waals surface area contributed by atoms with Crippen LogP contribution in [0.15, 0.2) is 83.9 Å². The molecule has 35 heavy (non-hydrogen) atoms. The standard InChI is InChI=1S/C25H24N4O5S/c26-22(24(30)31)12-17-5-4-8-21(11-17)35(32,33)29-15-25(16-29,19-6-2-1-3-7-19)34-20-9-10-23-18(13-20)14-27-28-23/h1-11,13-14,22H,12,15-16,26H2,(H,27,28)(H,30,31)/t22-/m0/s1. The highest BCUT2D eigenvalue weighted by Crippen LogP contribution is 2.40. The number of aromatic amines is 1. The first-order chi connectivity index (χ1) is 16.8. The van der Waals surface area contributed by atoms with Gasteiger partial charge in [-0.05, 0) is 47.9 Å². The molecule has 1 aliphatic rings. The number of aliphatic carboxylic acids is 1. The molecule has 1 fully saturated rings. The van der Waals surface area contributed by atoms with Gasteiger partial charge in [0.25, 0.3) is 0 Å². The second-order valence-corrected chi connectivity index (χ2v) is 10.6. The summed E-state index contributed by atoms with van der Waals surface area (Å²) in [7, 11) is -3.83. The van der Waals surface area contributed by atoms with Crippen LogP contribution < -0.4 is 10.5 Å². The quantitative estimate of drug-likeness (QED) is 0.343. The van der Waals surface area contributed by atoms with Crippen molar-refractivity contribution in [3.05, 3.63) is 90.1 Å². The van der Waals surface area contributed by atoms with Crippen LogP contribution in [0.3, 0.4) is 0 Å². The van der Waals surface area contributed by atoms with Gasteiger partial charge in [-0.1, -0.05) is 42.5 Å². The fraction of sp³-hybridized carbons (Fsp3) is 0.200. The minimum atomic E-state index is -3.83. The summed E-state index contributed by atoms with van der Waals surface area (Å²) in [5.41, 5.74) is 7.07. The van der Waals surface area contributed by atoms with E-state index in [1.165, 1.54) is 16.4 Å². The summed E-state index contributed by atoms with van der Waals surface area (Å²) in [5.74, 6) is -0.524. The SMILES string of the molecule is N[C@@H](Cc1cccc(S(=O)(=O)N2CC(Oc3ccc4[nH]ncc4c3)(c3ccccc3)C2)c1)C(=O)O. The number of sulfonamides is 1. The number of hydrogen-bond donors (Lipinski definition) is 3. The van der Waals surface area contributed by atoms with Crippen LogP contribution in [0.4, 0.5) is 0 Å². The molecule has 1 aliphatic heterocycles. The molecule has 3 aromatic carbocycles. The molecule has 1 atom stereocenters. The van der Waals surface area contributed by atoms with Gasteiger partial charge in [0.15, 0.2) is 5.60 Å². The summed E-state index contributed by atoms with van der Waals surface area (Å²) in [6, 6.07) is 20.2. The van der Waals surface area contributed by atoms with Gasteiger partial charge in [0, 0.05) is 5.39 Å². The van der Waals surface area contributed by atoms with Crippen molar-refractivity contribution >= 4 is 26.9 Å². The summed E-state index contributed by atoms with van der Waals surface area (Å²) in [6.45, 7) is 0.253. The molecule has 5 rings (SSSR count). The molecule has 1 saturated heterocycles. The molecule has 0 saturated carbocycles. The fourth-order valence-corrected chi connectivity index (χ4v) is 5.88. The van der Waals surface area contributed by atoms with Gasteiger partial charge in [-0.15, -0.1) is 0 Å². The van der Waals surface area contributed by atoms with Gasteiger partial charge in [0.1, 0.15) is 11.8 Å². The molecule has 0 unspecified atom stereocenters. The molecule has 10 heteroatoms. The Labute approximate surface area is 202 Å². The van der Waals surface area contributed by atoms with E-state index >= 15 is 0 Å². The lowest BCUT2D eigenvalue weighted by atomic mass is 9.87. The third-order valence-corrected chi connectivity index (χ3v) is 7.99. The topological polar surface area (TPSA) is 139 Å². The molecule has 9 nitrogen and oxygen atoms in total. The lowest BCUT2D eigenvalue weighted by molar-refractivity contribution is -0.138. The van der Waals surface area contributed by atoms with E-state index in [0.717, 1.165) is 16.5 Å². The number of nitrogens with two attached hydrogens (primary N) is 1. The average molecular weight is 493 g/mol. The number of carboxylic acids is 1. The number of H-pyrrole nitrogens is 1. The van der Waals surface area contributed by atoms with Gasteiger partial charge in [-0.2, -0.15) is 9.40 Å². The van der Waals surface area contributed by atoms with Crippen molar-refractivity contribution in [3.8, 4) is 5.75 Å². The van der Waals surface area contributed by atoms with Crippen LogP contribution in [-0.2, 0) is 26.8 Å². The van der Waals surface area contributed by atoms with Gasteiger partial charge < -0.3 is 15.6 Å². The molecule has 0 amide bonds. The Morgan fingerprint density at radius 2 is 1.89 bits per heavy atom. The van der Waals surface area contributed by atoms with Crippen LogP contribution in [-0.4, -0.2) is 53.1 Å². The number of benzene rings is 3. The first-order valence-electron chi connectivity index (χ1n) is 11.0. The molecule has 4 N–H and O–H groups in total. The maximum atomic E-state index is 13.4. The Bertz CT molecular complexity index is 1480. The van der Waals surface area contributed by atoms with Crippen molar-refractivity contribution in [2.24, 2.45) is 5.73 Å². The van der Waals surface area contributed by atoms with Gasteiger partial charge in [-0.3, -0.25) is 9.89 Å². The normalized spacial score (nSPS) is 16.5. The number of carbonyl (C=O) groups is 1. The Hall–Kier alpha value is -3.73. The fourth-order valence-electron chi connectivity index (χ4n) is 4.27. The summed E-state index contributed by atoms with van der Waals surface area (Å²) in [4.78, 5) is 11.2. The van der Waals surface area contributed by atoms with E-state index in [9.17, 15) is 13.2 Å². The third kappa shape index (κ3) is 4.39. The molecule has 0 spiro atoms. The molecule has 4 aromatic rings. The minimum absolute atomic E-state index is 0.0340. The number of hydrogen-bond acceptors (Lipinski definition) is 6. The van der Waals surface area contributed by atoms with Crippen molar-refractivity contribution in [1.82, 2.24) is 14.5 Å². The second-order valence-electron chi connectivity index (χ2n) is 8.65. The van der Waals surface area contributed by atoms with Crippen molar-refractivity contribution in [1.29, 1.82) is 0 Å². The number of ether oxygens (including phenoxy) is 1. The van der Waals surface area contributed by atoms with Crippen molar-refractivity contribution in [2.75, 3.05) is 13.1 Å². The first-order valence-corrected chi connectivity index (χ1v) is 12.5. The molecule has 2 heterocycles. The zero-order valence-electron chi connectivity index (χ0n) is 18.7. The summed E-state index contributed by atoms with van der Waals surface area (Å²) in [5, 5.41) is 16.9. The van der Waals surface area contributed by atoms with Crippen LogP contribution in [0.25, 0.3) is 10.9 Å². The second kappa shape index (κ2) is 8.81. The van der Waals surface area contributed by atoms with E-state index in [1.807, 2.05) is 48.5 Å². The van der Waals surface area contributed by atoms with E-state index in [0.29, 0.717) is 11.3 Å². The Morgan fingerprint density at radius 3 is 2.63 bits per heavy atom. The number of rotatable bonds is 8. The van der Waals surface area contributed by atoms with E-state index in [4.69, 9.17) is 15.6 Å². The maximum absolute atomic E-state index is 13.4. The zero-order valence-corrected chi connectivity index (χ0v) is 19.5. The molecule has 0 bridgehead atoms. The molecule has 0 radical (unpaired) electrons. The van der Waals surface area contributed by atoms with Crippen LogP contribution in [0.2, 0.25) is 0 Å². The highest BCUT2D eigenvalue weighted by molar-refractivity contribution is 7.89. The summed E-state index contributed by atoms with van der Waals surface area (Å²) >= 11 is 0. The van der Waals surface area contributed by atoms with Gasteiger partial charge in [-0.25, -0.2) is 8.42 Å². The molecule has 1 aromatic heterocycles. The smallest absolute Gasteiger partial charge is 0.320 e. The third-order valence-electron chi connectivity index (χ3n) is 6.20. The first kappa shape index (κ1) is 23.0. The van der Waals surface area contributed by atoms with Crippen LogP contribution in [0, 0.1) is 0 Å². The molecule has 0 aliphatic carbocycles. The Kier molecular flexibility index (Phi) is 5.79. The summed E-state index contributed by atoms with van der Waals surface area (Å²) < 4.78 is 34.6. The number of aromatic nitrogens is 2. The van der Waals surface area contributed by atoms with Crippen molar-refractivity contribution < 1.29 is 23.1 Å². The average Bonchev–Trinajstić information content (AvgIpc) is 3.29. The summed E-state index contributed by atoms with van der Waals surface area (Å²) in [6.07, 6.45) is 1.74. The highest BCUT2D eigenvalue weighted by Gasteiger charge is 2.52. The number of nitrogens with one attached hydrogen (secondary N) is 1. The maximum Gasteiger partial charge on any atom is 0.320 e. The van der Waals surface area contributed by atoms with Crippen molar-refractivity contribution in [2.45, 2.75) is 23.0 Å². The number of carboxylic acid groups (broad SMARTS) is 1. The van der Waals surface area contributed by atoms with E-state index in [-0.39, 0.29) is 24.4 Å². The molecular weight excluding hydrogens is 468 g/mol. The zero-order chi connectivity index (χ0) is 24.6. The molecular formula is C25H24N4O5S. The van der Waals surface area contributed by atoms with Crippen LogP contribution in [0.5, 0.6) is 5.75 Å². The molecule has 180 valence electrons. The monoisotopic (exact) mass is 492 g/mol. The predicted octanol–water partition coefficient (Wildman–Crippen LogP) is 2.50. The van der Waals surface area contributed by atoms with E-state index < -0.39 is 27.6 Å². The minimum Gasteiger partial charge on any atom is -0.480 e. The van der Waals surface area contributed by atoms with Gasteiger partial charge in [0.2, 0.25) is 10.0 Å². The van der Waals surface area contributed by atoms with E-state index in [1.54, 1.807) is 18.3 Å². The highest BCUT2D eigenvalue weighted by atomic mass is 32.2. The Balaban J connectivity index is 1.41. The van der Waals surface area contributed by atoms with Crippen molar-refractivity contribution in [3.63, 3.8) is 0 Å².